The minimum atomic E-state index is -0.704. The third-order valence-electron chi connectivity index (χ3n) is 4.96. The number of benzene rings is 2. The maximum absolute atomic E-state index is 13.3. The van der Waals surface area contributed by atoms with Gasteiger partial charge in [0.15, 0.2) is 10.2 Å². The van der Waals surface area contributed by atoms with Crippen LogP contribution in [0.3, 0.4) is 0 Å². The summed E-state index contributed by atoms with van der Waals surface area (Å²) in [5, 5.41) is 15.5. The van der Waals surface area contributed by atoms with E-state index >= 15 is 0 Å². The van der Waals surface area contributed by atoms with Crippen molar-refractivity contribution in [1.29, 1.82) is 0 Å². The van der Waals surface area contributed by atoms with Crippen molar-refractivity contribution < 1.29 is 19.2 Å². The predicted octanol–water partition coefficient (Wildman–Crippen LogP) is 3.84. The lowest BCUT2D eigenvalue weighted by molar-refractivity contribution is -0.384. The van der Waals surface area contributed by atoms with Crippen molar-refractivity contribution in [2.75, 3.05) is 12.0 Å². The Morgan fingerprint density at radius 1 is 1.24 bits per heavy atom. The van der Waals surface area contributed by atoms with Gasteiger partial charge in [-0.2, -0.15) is 5.10 Å². The van der Waals surface area contributed by atoms with E-state index in [2.05, 4.69) is 15.5 Å². The molecule has 1 amide bonds. The Bertz CT molecular complexity index is 1210. The summed E-state index contributed by atoms with van der Waals surface area (Å²) < 4.78 is 5.24. The lowest BCUT2D eigenvalue weighted by Crippen LogP contribution is -2.40. The van der Waals surface area contributed by atoms with Crippen molar-refractivity contribution in [3.05, 3.63) is 81.5 Å². The SMILES string of the molecule is CCOC(=O)C1=C(C)N=C2SC(=NNc3ccc([N+](=O)[O-])cc3)C(=O)N2C1c1ccccc1. The number of allylic oxidation sites excluding steroid dienone is 1. The summed E-state index contributed by atoms with van der Waals surface area (Å²) >= 11 is 1.08. The topological polar surface area (TPSA) is 126 Å². The van der Waals surface area contributed by atoms with Gasteiger partial charge in [0.2, 0.25) is 0 Å². The molecular formula is C22H19N5O5S. The molecule has 1 fully saturated rings. The summed E-state index contributed by atoms with van der Waals surface area (Å²) in [6.45, 7) is 3.62. The van der Waals surface area contributed by atoms with E-state index < -0.39 is 22.8 Å². The molecule has 0 aromatic heterocycles. The molecule has 0 spiro atoms. The van der Waals surface area contributed by atoms with E-state index in [9.17, 15) is 19.7 Å². The Balaban J connectivity index is 1.66. The summed E-state index contributed by atoms with van der Waals surface area (Å²) in [5.41, 5.74) is 4.69. The van der Waals surface area contributed by atoms with Crippen LogP contribution in [0, 0.1) is 10.1 Å². The molecule has 168 valence electrons. The molecule has 4 rings (SSSR count). The number of carbonyl (C=O) groups is 2. The highest BCUT2D eigenvalue weighted by atomic mass is 32.2. The van der Waals surface area contributed by atoms with Gasteiger partial charge in [-0.05, 0) is 43.3 Å². The third kappa shape index (κ3) is 4.35. The van der Waals surface area contributed by atoms with Gasteiger partial charge in [0.1, 0.15) is 0 Å². The Kier molecular flexibility index (Phi) is 6.22. The number of fused-ring (bicyclic) bond motifs is 1. The monoisotopic (exact) mass is 465 g/mol. The van der Waals surface area contributed by atoms with E-state index in [1.54, 1.807) is 13.8 Å². The van der Waals surface area contributed by atoms with Gasteiger partial charge in [-0.1, -0.05) is 30.3 Å². The smallest absolute Gasteiger partial charge is 0.338 e. The number of hydrogen-bond acceptors (Lipinski definition) is 9. The van der Waals surface area contributed by atoms with Crippen LogP contribution < -0.4 is 5.43 Å². The number of aliphatic imine (C=N–C) groups is 1. The van der Waals surface area contributed by atoms with Gasteiger partial charge in [0.25, 0.3) is 11.6 Å². The van der Waals surface area contributed by atoms with Crippen molar-refractivity contribution in [2.45, 2.75) is 19.9 Å². The van der Waals surface area contributed by atoms with Gasteiger partial charge < -0.3 is 4.74 Å². The van der Waals surface area contributed by atoms with Crippen LogP contribution in [0.2, 0.25) is 0 Å². The van der Waals surface area contributed by atoms with Gasteiger partial charge in [-0.3, -0.25) is 25.2 Å². The van der Waals surface area contributed by atoms with Crippen molar-refractivity contribution in [3.8, 4) is 0 Å². The third-order valence-corrected chi connectivity index (χ3v) is 5.89. The number of amides is 1. The summed E-state index contributed by atoms with van der Waals surface area (Å²) in [6, 6.07) is 14.1. The molecule has 0 bridgehead atoms. The number of nitrogens with one attached hydrogen (secondary N) is 1. The van der Waals surface area contributed by atoms with Gasteiger partial charge in [0, 0.05) is 12.1 Å². The highest BCUT2D eigenvalue weighted by Crippen LogP contribution is 2.41. The number of nitro groups is 1. The molecule has 1 atom stereocenters. The van der Waals surface area contributed by atoms with Crippen molar-refractivity contribution >= 4 is 45.2 Å². The molecule has 1 N–H and O–H groups in total. The molecule has 1 saturated heterocycles. The van der Waals surface area contributed by atoms with Crippen molar-refractivity contribution in [3.63, 3.8) is 0 Å². The summed E-state index contributed by atoms with van der Waals surface area (Å²) in [5.74, 6) is -0.949. The first-order chi connectivity index (χ1) is 15.9. The van der Waals surface area contributed by atoms with Crippen LogP contribution in [0.1, 0.15) is 25.5 Å². The second kappa shape index (κ2) is 9.25. The highest BCUT2D eigenvalue weighted by molar-refractivity contribution is 8.29. The average molecular weight is 465 g/mol. The number of nitro benzene ring substituents is 1. The van der Waals surface area contributed by atoms with Crippen molar-refractivity contribution in [1.82, 2.24) is 4.90 Å². The number of thioether (sulfide) groups is 1. The number of rotatable bonds is 6. The maximum atomic E-state index is 13.3. The van der Waals surface area contributed by atoms with Crippen LogP contribution in [-0.2, 0) is 14.3 Å². The number of amidine groups is 1. The Morgan fingerprint density at radius 3 is 2.58 bits per heavy atom. The molecule has 10 nitrogen and oxygen atoms in total. The molecule has 1 unspecified atom stereocenters. The Morgan fingerprint density at radius 2 is 1.94 bits per heavy atom. The standard InChI is InChI=1S/C22H19N5O5S/c1-3-32-21(29)17-13(2)23-22-26(18(17)14-7-5-4-6-8-14)20(28)19(33-22)25-24-15-9-11-16(12-10-15)27(30)31/h4-12,18,24H,3H2,1-2H3. The first-order valence-corrected chi connectivity index (χ1v) is 10.8. The quantitative estimate of drug-likeness (QED) is 0.390. The van der Waals surface area contributed by atoms with E-state index in [1.807, 2.05) is 30.3 Å². The molecule has 0 saturated carbocycles. The average Bonchev–Trinajstić information content (AvgIpc) is 3.12. The normalized spacial score (nSPS) is 18.8. The van der Waals surface area contributed by atoms with E-state index in [-0.39, 0.29) is 17.3 Å². The largest absolute Gasteiger partial charge is 0.463 e. The number of hydrazone groups is 1. The van der Waals surface area contributed by atoms with Crippen LogP contribution in [0.25, 0.3) is 0 Å². The fourth-order valence-electron chi connectivity index (χ4n) is 3.47. The number of non-ortho nitro benzene ring substituents is 1. The molecule has 2 aromatic carbocycles. The first kappa shape index (κ1) is 22.2. The number of esters is 1. The van der Waals surface area contributed by atoms with E-state index in [0.717, 1.165) is 17.3 Å². The minimum absolute atomic E-state index is 0.0512. The number of ether oxygens (including phenoxy) is 1. The van der Waals surface area contributed by atoms with E-state index in [1.165, 1.54) is 29.2 Å². The van der Waals surface area contributed by atoms with Gasteiger partial charge in [0.05, 0.1) is 34.5 Å². The van der Waals surface area contributed by atoms with E-state index in [4.69, 9.17) is 4.74 Å². The lowest BCUT2D eigenvalue weighted by atomic mass is 9.94. The zero-order valence-electron chi connectivity index (χ0n) is 17.7. The predicted molar refractivity (Wildman–Crippen MR) is 125 cm³/mol. The molecule has 2 heterocycles. The number of hydrogen-bond donors (Lipinski definition) is 1. The molecular weight excluding hydrogens is 446 g/mol. The zero-order chi connectivity index (χ0) is 23.5. The second-order valence-electron chi connectivity index (χ2n) is 7.04. The molecule has 33 heavy (non-hydrogen) atoms. The van der Waals surface area contributed by atoms with Gasteiger partial charge in [-0.15, -0.1) is 0 Å². The molecule has 11 heteroatoms. The molecule has 0 radical (unpaired) electrons. The van der Waals surface area contributed by atoms with Crippen LogP contribution in [0.15, 0.2) is 76.0 Å². The van der Waals surface area contributed by atoms with Gasteiger partial charge >= 0.3 is 5.97 Å². The maximum Gasteiger partial charge on any atom is 0.338 e. The number of anilines is 1. The number of nitrogens with zero attached hydrogens (tertiary/aromatic N) is 4. The molecule has 0 aliphatic carbocycles. The Labute approximate surface area is 193 Å². The van der Waals surface area contributed by atoms with Crippen LogP contribution in [0.5, 0.6) is 0 Å². The van der Waals surface area contributed by atoms with E-state index in [0.29, 0.717) is 22.1 Å². The van der Waals surface area contributed by atoms with Crippen LogP contribution in [-0.4, -0.2) is 38.5 Å². The van der Waals surface area contributed by atoms with Gasteiger partial charge in [-0.25, -0.2) is 9.79 Å². The summed E-state index contributed by atoms with van der Waals surface area (Å²) in [7, 11) is 0. The minimum Gasteiger partial charge on any atom is -0.463 e. The second-order valence-corrected chi connectivity index (χ2v) is 7.99. The fraction of sp³-hybridized carbons (Fsp3) is 0.182. The fourth-order valence-corrected chi connectivity index (χ4v) is 4.39. The molecule has 2 aliphatic heterocycles. The summed E-state index contributed by atoms with van der Waals surface area (Å²) in [6.07, 6.45) is 0. The highest BCUT2D eigenvalue weighted by Gasteiger charge is 2.46. The summed E-state index contributed by atoms with van der Waals surface area (Å²) in [4.78, 5) is 42.3. The molecule has 2 aromatic rings. The van der Waals surface area contributed by atoms with Crippen molar-refractivity contribution in [2.24, 2.45) is 10.1 Å². The van der Waals surface area contributed by atoms with Crippen LogP contribution in [0.4, 0.5) is 11.4 Å². The zero-order valence-corrected chi connectivity index (χ0v) is 18.5. The number of carbonyl (C=O) groups excluding carboxylic acids is 2. The first-order valence-electron chi connectivity index (χ1n) is 10.0. The van der Waals surface area contributed by atoms with Crippen LogP contribution >= 0.6 is 11.8 Å². The lowest BCUT2D eigenvalue weighted by Gasteiger charge is -2.32. The Hall–Kier alpha value is -3.99. The molecule has 2 aliphatic rings.